The highest BCUT2D eigenvalue weighted by molar-refractivity contribution is 4.98. The largest absolute Gasteiger partial charge is 0.311 e. The van der Waals surface area contributed by atoms with Crippen molar-refractivity contribution < 1.29 is 0 Å². The summed E-state index contributed by atoms with van der Waals surface area (Å²) in [6, 6.07) is 2.08. The Morgan fingerprint density at radius 3 is 2.75 bits per heavy atom. The van der Waals surface area contributed by atoms with Gasteiger partial charge in [0.05, 0.1) is 5.69 Å². The molecule has 1 N–H and O–H groups in total. The van der Waals surface area contributed by atoms with E-state index in [-0.39, 0.29) is 0 Å². The van der Waals surface area contributed by atoms with Crippen LogP contribution in [0.15, 0.2) is 12.3 Å². The normalized spacial score (nSPS) is 19.9. The van der Waals surface area contributed by atoms with Gasteiger partial charge in [0.2, 0.25) is 0 Å². The summed E-state index contributed by atoms with van der Waals surface area (Å²) in [5, 5.41) is 7.92. The zero-order valence-electron chi connectivity index (χ0n) is 10.5. The number of aromatic nitrogens is 2. The van der Waals surface area contributed by atoms with E-state index < -0.39 is 0 Å². The zero-order chi connectivity index (χ0) is 11.4. The van der Waals surface area contributed by atoms with Crippen molar-refractivity contribution in [2.24, 2.45) is 12.5 Å². The highest BCUT2D eigenvalue weighted by Crippen LogP contribution is 2.34. The van der Waals surface area contributed by atoms with Crippen LogP contribution in [0.5, 0.6) is 0 Å². The molecule has 0 atom stereocenters. The lowest BCUT2D eigenvalue weighted by atomic mass is 9.76. The predicted octanol–water partition coefficient (Wildman–Crippen LogP) is 2.48. The Bertz CT molecular complexity index is 324. The van der Waals surface area contributed by atoms with Gasteiger partial charge in [0, 0.05) is 26.3 Å². The summed E-state index contributed by atoms with van der Waals surface area (Å²) in [5.41, 5.74) is 1.66. The summed E-state index contributed by atoms with van der Waals surface area (Å²) in [6.07, 6.45) is 8.99. The average Bonchev–Trinajstić information content (AvgIpc) is 2.65. The molecule has 1 aliphatic carbocycles. The van der Waals surface area contributed by atoms with Crippen molar-refractivity contribution >= 4 is 0 Å². The van der Waals surface area contributed by atoms with E-state index in [0.29, 0.717) is 5.41 Å². The quantitative estimate of drug-likeness (QED) is 0.846. The molecule has 0 radical (unpaired) electrons. The minimum Gasteiger partial charge on any atom is -0.311 e. The van der Waals surface area contributed by atoms with Gasteiger partial charge in [0.15, 0.2) is 0 Å². The first-order chi connectivity index (χ1) is 7.68. The summed E-state index contributed by atoms with van der Waals surface area (Å²) < 4.78 is 1.86. The van der Waals surface area contributed by atoms with Gasteiger partial charge in [-0.3, -0.25) is 4.68 Å². The molecule has 1 fully saturated rings. The Kier molecular flexibility index (Phi) is 3.64. The highest BCUT2D eigenvalue weighted by Gasteiger charge is 2.25. The smallest absolute Gasteiger partial charge is 0.0762 e. The molecule has 0 amide bonds. The standard InChI is InChI=1S/C13H23N3/c1-13(7-4-3-5-8-13)11-14-10-12-6-9-16(2)15-12/h6,9,14H,3-5,7-8,10-11H2,1-2H3. The molecule has 1 aromatic rings. The molecule has 90 valence electrons. The Hall–Kier alpha value is -0.830. The van der Waals surface area contributed by atoms with E-state index in [1.165, 1.54) is 32.1 Å². The van der Waals surface area contributed by atoms with Crippen molar-refractivity contribution in [3.63, 3.8) is 0 Å². The van der Waals surface area contributed by atoms with Crippen LogP contribution >= 0.6 is 0 Å². The van der Waals surface area contributed by atoms with E-state index in [9.17, 15) is 0 Å². The van der Waals surface area contributed by atoms with Gasteiger partial charge in [-0.2, -0.15) is 5.10 Å². The summed E-state index contributed by atoms with van der Waals surface area (Å²) >= 11 is 0. The SMILES string of the molecule is Cn1ccc(CNCC2(C)CCCCC2)n1. The van der Waals surface area contributed by atoms with Crippen molar-refractivity contribution in [3.8, 4) is 0 Å². The molecular formula is C13H23N3. The summed E-state index contributed by atoms with van der Waals surface area (Å²) in [6.45, 7) is 4.44. The molecule has 16 heavy (non-hydrogen) atoms. The van der Waals surface area contributed by atoms with E-state index in [1.807, 2.05) is 17.9 Å². The second kappa shape index (κ2) is 5.00. The second-order valence-corrected chi connectivity index (χ2v) is 5.46. The van der Waals surface area contributed by atoms with Gasteiger partial charge < -0.3 is 5.32 Å². The number of rotatable bonds is 4. The van der Waals surface area contributed by atoms with Crippen LogP contribution in [0, 0.1) is 5.41 Å². The maximum Gasteiger partial charge on any atom is 0.0762 e. The summed E-state index contributed by atoms with van der Waals surface area (Å²) in [5.74, 6) is 0. The van der Waals surface area contributed by atoms with Gasteiger partial charge in [0.1, 0.15) is 0 Å². The molecule has 0 aliphatic heterocycles. The number of aryl methyl sites for hydroxylation is 1. The Labute approximate surface area is 98.2 Å². The highest BCUT2D eigenvalue weighted by atomic mass is 15.3. The molecule has 1 heterocycles. The van der Waals surface area contributed by atoms with E-state index in [2.05, 4.69) is 23.4 Å². The lowest BCUT2D eigenvalue weighted by Gasteiger charge is -2.33. The minimum absolute atomic E-state index is 0.521. The number of nitrogens with zero attached hydrogens (tertiary/aromatic N) is 2. The zero-order valence-corrected chi connectivity index (χ0v) is 10.5. The molecule has 0 unspecified atom stereocenters. The first kappa shape index (κ1) is 11.6. The molecule has 0 spiro atoms. The average molecular weight is 221 g/mol. The number of nitrogens with one attached hydrogen (secondary N) is 1. The fourth-order valence-electron chi connectivity index (χ4n) is 2.63. The fraction of sp³-hybridized carbons (Fsp3) is 0.769. The number of hydrogen-bond donors (Lipinski definition) is 1. The van der Waals surface area contributed by atoms with Crippen molar-refractivity contribution in [1.29, 1.82) is 0 Å². The van der Waals surface area contributed by atoms with Gasteiger partial charge >= 0.3 is 0 Å². The maximum atomic E-state index is 4.37. The van der Waals surface area contributed by atoms with Crippen LogP contribution < -0.4 is 5.32 Å². The molecule has 2 rings (SSSR count). The van der Waals surface area contributed by atoms with Crippen LogP contribution in [-0.4, -0.2) is 16.3 Å². The molecule has 3 heteroatoms. The fourth-order valence-corrected chi connectivity index (χ4v) is 2.63. The molecule has 0 aromatic carbocycles. The van der Waals surface area contributed by atoms with Gasteiger partial charge in [-0.05, 0) is 24.3 Å². The van der Waals surface area contributed by atoms with E-state index in [4.69, 9.17) is 0 Å². The van der Waals surface area contributed by atoms with Gasteiger partial charge in [0.25, 0.3) is 0 Å². The Balaban J connectivity index is 1.74. The molecule has 1 aromatic heterocycles. The van der Waals surface area contributed by atoms with Crippen LogP contribution in [0.4, 0.5) is 0 Å². The lowest BCUT2D eigenvalue weighted by molar-refractivity contribution is 0.207. The molecule has 3 nitrogen and oxygen atoms in total. The topological polar surface area (TPSA) is 29.9 Å². The van der Waals surface area contributed by atoms with Crippen LogP contribution in [0.3, 0.4) is 0 Å². The van der Waals surface area contributed by atoms with E-state index >= 15 is 0 Å². The van der Waals surface area contributed by atoms with Gasteiger partial charge in [-0.1, -0.05) is 26.2 Å². The third-order valence-electron chi connectivity index (χ3n) is 3.69. The third-order valence-corrected chi connectivity index (χ3v) is 3.69. The second-order valence-electron chi connectivity index (χ2n) is 5.46. The first-order valence-electron chi connectivity index (χ1n) is 6.37. The summed E-state index contributed by atoms with van der Waals surface area (Å²) in [4.78, 5) is 0. The van der Waals surface area contributed by atoms with Crippen LogP contribution in [0.1, 0.15) is 44.7 Å². The predicted molar refractivity (Wildman–Crippen MR) is 66.1 cm³/mol. The first-order valence-corrected chi connectivity index (χ1v) is 6.37. The molecule has 0 bridgehead atoms. The molecule has 0 saturated heterocycles. The van der Waals surface area contributed by atoms with E-state index in [0.717, 1.165) is 18.8 Å². The van der Waals surface area contributed by atoms with Crippen molar-refractivity contribution in [3.05, 3.63) is 18.0 Å². The monoisotopic (exact) mass is 221 g/mol. The maximum absolute atomic E-state index is 4.37. The van der Waals surface area contributed by atoms with E-state index in [1.54, 1.807) is 0 Å². The van der Waals surface area contributed by atoms with Gasteiger partial charge in [-0.25, -0.2) is 0 Å². The van der Waals surface area contributed by atoms with Crippen molar-refractivity contribution in [2.75, 3.05) is 6.54 Å². The molecular weight excluding hydrogens is 198 g/mol. The minimum atomic E-state index is 0.521. The van der Waals surface area contributed by atoms with Crippen LogP contribution in [-0.2, 0) is 13.6 Å². The Morgan fingerprint density at radius 1 is 1.38 bits per heavy atom. The molecule has 1 saturated carbocycles. The van der Waals surface area contributed by atoms with Crippen LogP contribution in [0.25, 0.3) is 0 Å². The molecule has 1 aliphatic rings. The Morgan fingerprint density at radius 2 is 2.12 bits per heavy atom. The van der Waals surface area contributed by atoms with Crippen LogP contribution in [0.2, 0.25) is 0 Å². The third kappa shape index (κ3) is 3.08. The lowest BCUT2D eigenvalue weighted by Crippen LogP contribution is -2.33. The van der Waals surface area contributed by atoms with Crippen molar-refractivity contribution in [2.45, 2.75) is 45.6 Å². The number of hydrogen-bond acceptors (Lipinski definition) is 2. The summed E-state index contributed by atoms with van der Waals surface area (Å²) in [7, 11) is 1.96. The van der Waals surface area contributed by atoms with Crippen molar-refractivity contribution in [1.82, 2.24) is 15.1 Å². The van der Waals surface area contributed by atoms with Gasteiger partial charge in [-0.15, -0.1) is 0 Å².